The number of nitro groups is 1. The second kappa shape index (κ2) is 4.16. The smallest absolute Gasteiger partial charge is 0.246 e. The van der Waals surface area contributed by atoms with E-state index >= 15 is 0 Å². The van der Waals surface area contributed by atoms with Gasteiger partial charge in [0, 0.05) is 5.75 Å². The molecular formula is C5H9NO3S. The van der Waals surface area contributed by atoms with Crippen molar-refractivity contribution in [1.29, 1.82) is 0 Å². The van der Waals surface area contributed by atoms with Crippen LogP contribution in [0.5, 0.6) is 0 Å². The lowest BCUT2D eigenvalue weighted by Crippen LogP contribution is -1.96. The topological polar surface area (TPSA) is 60.2 Å². The third-order valence-corrected chi connectivity index (χ3v) is 2.26. The Morgan fingerprint density at radius 3 is 2.60 bits per heavy atom. The van der Waals surface area contributed by atoms with Gasteiger partial charge in [-0.25, -0.2) is 0 Å². The molecule has 1 atom stereocenters. The molecule has 0 spiro atoms. The highest BCUT2D eigenvalue weighted by atomic mass is 32.2. The van der Waals surface area contributed by atoms with Crippen molar-refractivity contribution in [2.24, 2.45) is 0 Å². The Hall–Kier alpha value is -0.710. The van der Waals surface area contributed by atoms with Gasteiger partial charge in [-0.05, 0) is 6.92 Å². The van der Waals surface area contributed by atoms with Crippen LogP contribution in [0.2, 0.25) is 0 Å². The molecule has 0 rings (SSSR count). The van der Waals surface area contributed by atoms with Crippen molar-refractivity contribution in [2.45, 2.75) is 13.8 Å². The minimum atomic E-state index is -1.17. The summed E-state index contributed by atoms with van der Waals surface area (Å²) < 4.78 is 10.8. The van der Waals surface area contributed by atoms with Crippen molar-refractivity contribution in [3.63, 3.8) is 0 Å². The Labute approximate surface area is 61.5 Å². The van der Waals surface area contributed by atoms with E-state index in [1.165, 1.54) is 6.92 Å². The SMILES string of the molecule is CCS(=O)/C(C)=C\[N+](=O)[O-]. The Kier molecular flexibility index (Phi) is 3.87. The van der Waals surface area contributed by atoms with E-state index in [-0.39, 0.29) is 0 Å². The Bertz CT molecular complexity index is 187. The van der Waals surface area contributed by atoms with E-state index in [9.17, 15) is 14.3 Å². The molecule has 0 aromatic carbocycles. The molecule has 0 radical (unpaired) electrons. The van der Waals surface area contributed by atoms with E-state index < -0.39 is 15.7 Å². The quantitative estimate of drug-likeness (QED) is 0.458. The summed E-state index contributed by atoms with van der Waals surface area (Å²) in [6.45, 7) is 3.20. The zero-order valence-electron chi connectivity index (χ0n) is 5.86. The van der Waals surface area contributed by atoms with Gasteiger partial charge in [0.05, 0.1) is 20.6 Å². The highest BCUT2D eigenvalue weighted by Crippen LogP contribution is 1.99. The van der Waals surface area contributed by atoms with E-state index in [2.05, 4.69) is 0 Å². The van der Waals surface area contributed by atoms with Crippen LogP contribution in [0, 0.1) is 10.1 Å². The van der Waals surface area contributed by atoms with Crippen molar-refractivity contribution >= 4 is 10.8 Å². The van der Waals surface area contributed by atoms with Gasteiger partial charge in [-0.1, -0.05) is 6.92 Å². The molecule has 1 unspecified atom stereocenters. The maximum Gasteiger partial charge on any atom is 0.246 e. The predicted molar refractivity (Wildman–Crippen MR) is 39.4 cm³/mol. The summed E-state index contributed by atoms with van der Waals surface area (Å²) in [4.78, 5) is 9.54. The monoisotopic (exact) mass is 163 g/mol. The molecule has 0 amide bonds. The minimum absolute atomic E-state index is 0.313. The van der Waals surface area contributed by atoms with Crippen LogP contribution in [0.4, 0.5) is 0 Å². The lowest BCUT2D eigenvalue weighted by atomic mass is 10.7. The highest BCUT2D eigenvalue weighted by Gasteiger charge is 2.02. The minimum Gasteiger partial charge on any atom is -0.259 e. The molecule has 0 aliphatic carbocycles. The van der Waals surface area contributed by atoms with E-state index in [1.54, 1.807) is 6.92 Å². The van der Waals surface area contributed by atoms with Crippen LogP contribution in [0.15, 0.2) is 11.1 Å². The van der Waals surface area contributed by atoms with Crippen LogP contribution in [0.1, 0.15) is 13.8 Å². The summed E-state index contributed by atoms with van der Waals surface area (Å²) in [5.74, 6) is 0.427. The fourth-order valence-electron chi connectivity index (χ4n) is 0.435. The van der Waals surface area contributed by atoms with E-state index in [0.29, 0.717) is 10.7 Å². The molecule has 0 aliphatic heterocycles. The number of rotatable bonds is 3. The predicted octanol–water partition coefficient (Wildman–Crippen LogP) is 0.893. The molecule has 0 saturated heterocycles. The third-order valence-electron chi connectivity index (χ3n) is 0.909. The molecule has 0 saturated carbocycles. The number of allylic oxidation sites excluding steroid dienone is 1. The van der Waals surface area contributed by atoms with Gasteiger partial charge >= 0.3 is 0 Å². The van der Waals surface area contributed by atoms with Gasteiger partial charge in [0.2, 0.25) is 6.20 Å². The van der Waals surface area contributed by atoms with Crippen LogP contribution < -0.4 is 0 Å². The van der Waals surface area contributed by atoms with Crippen molar-refractivity contribution in [2.75, 3.05) is 5.75 Å². The van der Waals surface area contributed by atoms with E-state index in [4.69, 9.17) is 0 Å². The van der Waals surface area contributed by atoms with Crippen LogP contribution >= 0.6 is 0 Å². The average Bonchev–Trinajstić information content (AvgIpc) is 1.85. The molecular weight excluding hydrogens is 154 g/mol. The molecule has 0 aliphatic rings. The molecule has 0 heterocycles. The largest absolute Gasteiger partial charge is 0.259 e. The van der Waals surface area contributed by atoms with Gasteiger partial charge in [-0.2, -0.15) is 0 Å². The molecule has 0 aromatic heterocycles. The van der Waals surface area contributed by atoms with Crippen LogP contribution in [-0.4, -0.2) is 14.9 Å². The standard InChI is InChI=1S/C5H9NO3S/c1-3-10(9)5(2)4-6(7)8/h4H,3H2,1-2H3/b5-4-. The number of nitrogens with zero attached hydrogens (tertiary/aromatic N) is 1. The normalized spacial score (nSPS) is 14.8. The Morgan fingerprint density at radius 1 is 1.80 bits per heavy atom. The zero-order chi connectivity index (χ0) is 8.15. The van der Waals surface area contributed by atoms with Crippen LogP contribution in [0.3, 0.4) is 0 Å². The maximum absolute atomic E-state index is 10.8. The fraction of sp³-hybridized carbons (Fsp3) is 0.600. The van der Waals surface area contributed by atoms with Crippen molar-refractivity contribution in [3.05, 3.63) is 21.2 Å². The van der Waals surface area contributed by atoms with Gasteiger partial charge in [0.15, 0.2) is 0 Å². The maximum atomic E-state index is 10.8. The first-order valence-corrected chi connectivity index (χ1v) is 4.10. The first kappa shape index (κ1) is 9.29. The molecule has 5 heteroatoms. The first-order chi connectivity index (χ1) is 4.57. The third kappa shape index (κ3) is 3.34. The summed E-state index contributed by atoms with van der Waals surface area (Å²) in [5, 5.41) is 9.82. The van der Waals surface area contributed by atoms with Gasteiger partial charge < -0.3 is 0 Å². The van der Waals surface area contributed by atoms with E-state index in [0.717, 1.165) is 6.20 Å². The summed E-state index contributed by atoms with van der Waals surface area (Å²) in [6, 6.07) is 0. The van der Waals surface area contributed by atoms with Crippen molar-refractivity contribution in [3.8, 4) is 0 Å². The van der Waals surface area contributed by atoms with Crippen LogP contribution in [-0.2, 0) is 10.8 Å². The Morgan fingerprint density at radius 2 is 2.30 bits per heavy atom. The molecule has 10 heavy (non-hydrogen) atoms. The molecule has 4 nitrogen and oxygen atoms in total. The Balaban J connectivity index is 4.19. The van der Waals surface area contributed by atoms with Gasteiger partial charge in [0.1, 0.15) is 0 Å². The first-order valence-electron chi connectivity index (χ1n) is 2.78. The second-order valence-corrected chi connectivity index (χ2v) is 3.57. The molecule has 0 N–H and O–H groups in total. The molecule has 0 fully saturated rings. The van der Waals surface area contributed by atoms with Crippen molar-refractivity contribution < 1.29 is 9.13 Å². The summed E-state index contributed by atoms with van der Waals surface area (Å²) in [5.41, 5.74) is 0. The fourth-order valence-corrected chi connectivity index (χ4v) is 1.09. The average molecular weight is 163 g/mol. The zero-order valence-corrected chi connectivity index (χ0v) is 6.68. The molecule has 0 bridgehead atoms. The summed E-state index contributed by atoms with van der Waals surface area (Å²) >= 11 is 0. The van der Waals surface area contributed by atoms with Crippen LogP contribution in [0.25, 0.3) is 0 Å². The number of hydrogen-bond acceptors (Lipinski definition) is 3. The molecule has 58 valence electrons. The van der Waals surface area contributed by atoms with E-state index in [1.807, 2.05) is 0 Å². The molecule has 0 aromatic rings. The van der Waals surface area contributed by atoms with Gasteiger partial charge in [-0.3, -0.25) is 14.3 Å². The summed E-state index contributed by atoms with van der Waals surface area (Å²) in [6.07, 6.45) is 0.777. The second-order valence-electron chi connectivity index (χ2n) is 1.66. The lowest BCUT2D eigenvalue weighted by molar-refractivity contribution is -0.402. The highest BCUT2D eigenvalue weighted by molar-refractivity contribution is 7.88. The van der Waals surface area contributed by atoms with Gasteiger partial charge in [-0.15, -0.1) is 0 Å². The van der Waals surface area contributed by atoms with Gasteiger partial charge in [0.25, 0.3) is 0 Å². The number of hydrogen-bond donors (Lipinski definition) is 0. The summed E-state index contributed by atoms with van der Waals surface area (Å²) in [7, 11) is -1.17. The lowest BCUT2D eigenvalue weighted by Gasteiger charge is -1.91. The van der Waals surface area contributed by atoms with Crippen molar-refractivity contribution in [1.82, 2.24) is 0 Å².